The SMILES string of the molecule is CC(C)(Oc1ccc(Br)cc1)C(=O)n1cc(C(=O)O)c2ccccc21. The van der Waals surface area contributed by atoms with E-state index in [0.29, 0.717) is 16.7 Å². The van der Waals surface area contributed by atoms with Gasteiger partial charge in [0.1, 0.15) is 5.75 Å². The van der Waals surface area contributed by atoms with Gasteiger partial charge in [0.05, 0.1) is 11.1 Å². The Balaban J connectivity index is 2.00. The summed E-state index contributed by atoms with van der Waals surface area (Å²) in [5.41, 5.74) is -0.549. The molecule has 128 valence electrons. The van der Waals surface area contributed by atoms with Crippen LogP contribution in [-0.4, -0.2) is 27.2 Å². The third kappa shape index (κ3) is 3.30. The minimum Gasteiger partial charge on any atom is -0.478 e. The number of halogens is 1. The first-order valence-electron chi connectivity index (χ1n) is 7.62. The summed E-state index contributed by atoms with van der Waals surface area (Å²) in [6.07, 6.45) is 1.35. The van der Waals surface area contributed by atoms with Crippen LogP contribution in [-0.2, 0) is 0 Å². The van der Waals surface area contributed by atoms with Gasteiger partial charge in [-0.1, -0.05) is 34.1 Å². The number of benzene rings is 2. The van der Waals surface area contributed by atoms with Crippen molar-refractivity contribution in [2.75, 3.05) is 0 Å². The maximum absolute atomic E-state index is 13.0. The van der Waals surface area contributed by atoms with Gasteiger partial charge in [-0.3, -0.25) is 9.36 Å². The molecule has 0 aliphatic heterocycles. The highest BCUT2D eigenvalue weighted by atomic mass is 79.9. The minimum absolute atomic E-state index is 0.0865. The molecule has 0 unspecified atom stereocenters. The van der Waals surface area contributed by atoms with E-state index in [0.717, 1.165) is 4.47 Å². The first-order valence-corrected chi connectivity index (χ1v) is 8.41. The van der Waals surface area contributed by atoms with Gasteiger partial charge in [0, 0.05) is 16.1 Å². The van der Waals surface area contributed by atoms with Gasteiger partial charge in [-0.15, -0.1) is 0 Å². The highest BCUT2D eigenvalue weighted by Gasteiger charge is 2.33. The number of nitrogens with zero attached hydrogens (tertiary/aromatic N) is 1. The number of hydrogen-bond donors (Lipinski definition) is 1. The number of carbonyl (C=O) groups excluding carboxylic acids is 1. The summed E-state index contributed by atoms with van der Waals surface area (Å²) < 4.78 is 8.11. The third-order valence-electron chi connectivity index (χ3n) is 3.86. The second-order valence-electron chi connectivity index (χ2n) is 6.11. The molecule has 0 saturated carbocycles. The number of rotatable bonds is 4. The first-order chi connectivity index (χ1) is 11.8. The van der Waals surface area contributed by atoms with E-state index in [4.69, 9.17) is 4.74 Å². The fourth-order valence-electron chi connectivity index (χ4n) is 2.65. The second kappa shape index (κ2) is 6.37. The summed E-state index contributed by atoms with van der Waals surface area (Å²) in [4.78, 5) is 24.5. The Hall–Kier alpha value is -2.60. The molecule has 0 spiro atoms. The number of carboxylic acid groups (broad SMARTS) is 1. The van der Waals surface area contributed by atoms with Crippen molar-refractivity contribution in [3.8, 4) is 5.75 Å². The van der Waals surface area contributed by atoms with Crippen molar-refractivity contribution in [1.29, 1.82) is 0 Å². The first kappa shape index (κ1) is 17.2. The number of aromatic nitrogens is 1. The number of ether oxygens (including phenoxy) is 1. The van der Waals surface area contributed by atoms with Gasteiger partial charge in [-0.25, -0.2) is 4.79 Å². The van der Waals surface area contributed by atoms with Crippen LogP contribution in [0.2, 0.25) is 0 Å². The summed E-state index contributed by atoms with van der Waals surface area (Å²) in [7, 11) is 0. The van der Waals surface area contributed by atoms with Crippen molar-refractivity contribution in [2.24, 2.45) is 0 Å². The highest BCUT2D eigenvalue weighted by molar-refractivity contribution is 9.10. The van der Waals surface area contributed by atoms with Gasteiger partial charge in [0.15, 0.2) is 5.60 Å². The van der Waals surface area contributed by atoms with Crippen molar-refractivity contribution < 1.29 is 19.4 Å². The summed E-state index contributed by atoms with van der Waals surface area (Å²) in [5.74, 6) is -0.870. The van der Waals surface area contributed by atoms with E-state index < -0.39 is 11.6 Å². The molecule has 0 bridgehead atoms. The summed E-state index contributed by atoms with van der Waals surface area (Å²) in [6, 6.07) is 14.1. The lowest BCUT2D eigenvalue weighted by Gasteiger charge is -2.25. The Morgan fingerprint density at radius 2 is 1.72 bits per heavy atom. The van der Waals surface area contributed by atoms with E-state index in [1.807, 2.05) is 12.1 Å². The van der Waals surface area contributed by atoms with Crippen molar-refractivity contribution in [3.05, 3.63) is 64.8 Å². The van der Waals surface area contributed by atoms with Gasteiger partial charge in [0.2, 0.25) is 0 Å². The lowest BCUT2D eigenvalue weighted by atomic mass is 10.1. The average molecular weight is 402 g/mol. The third-order valence-corrected chi connectivity index (χ3v) is 4.39. The molecule has 3 rings (SSSR count). The molecular formula is C19H16BrNO4. The molecule has 3 aromatic rings. The number of aromatic carboxylic acids is 1. The molecular weight excluding hydrogens is 386 g/mol. The van der Waals surface area contributed by atoms with Crippen LogP contribution in [0.5, 0.6) is 5.75 Å². The molecule has 1 heterocycles. The normalized spacial score (nSPS) is 11.5. The minimum atomic E-state index is -1.18. The van der Waals surface area contributed by atoms with Crippen LogP contribution >= 0.6 is 15.9 Å². The summed E-state index contributed by atoms with van der Waals surface area (Å²) in [5, 5.41) is 9.90. The molecule has 0 radical (unpaired) electrons. The van der Waals surface area contributed by atoms with Gasteiger partial charge < -0.3 is 9.84 Å². The van der Waals surface area contributed by atoms with Crippen LogP contribution < -0.4 is 4.74 Å². The largest absolute Gasteiger partial charge is 0.478 e. The molecule has 5 nitrogen and oxygen atoms in total. The van der Waals surface area contributed by atoms with E-state index >= 15 is 0 Å². The lowest BCUT2D eigenvalue weighted by Crippen LogP contribution is -2.41. The standard InChI is InChI=1S/C19H16BrNO4/c1-19(2,25-13-9-7-12(20)8-10-13)18(24)21-11-15(17(22)23)14-5-3-4-6-16(14)21/h3-11H,1-2H3,(H,22,23). The predicted octanol–water partition coefficient (Wildman–Crippen LogP) is 4.60. The molecule has 1 aromatic heterocycles. The van der Waals surface area contributed by atoms with E-state index in [2.05, 4.69) is 15.9 Å². The zero-order chi connectivity index (χ0) is 18.2. The second-order valence-corrected chi connectivity index (χ2v) is 7.02. The smallest absolute Gasteiger partial charge is 0.337 e. The van der Waals surface area contributed by atoms with Gasteiger partial charge in [-0.2, -0.15) is 0 Å². The fourth-order valence-corrected chi connectivity index (χ4v) is 2.91. The number of carboxylic acids is 1. The number of carbonyl (C=O) groups is 2. The van der Waals surface area contributed by atoms with E-state index in [-0.39, 0.29) is 11.5 Å². The molecule has 0 atom stereocenters. The molecule has 0 aliphatic rings. The Bertz CT molecular complexity index is 957. The van der Waals surface area contributed by atoms with Crippen molar-refractivity contribution in [2.45, 2.75) is 19.4 Å². The van der Waals surface area contributed by atoms with Crippen molar-refractivity contribution in [3.63, 3.8) is 0 Å². The van der Waals surface area contributed by atoms with E-state index in [1.54, 1.807) is 50.2 Å². The Labute approximate surface area is 153 Å². The molecule has 6 heteroatoms. The average Bonchev–Trinajstić information content (AvgIpc) is 2.96. The zero-order valence-electron chi connectivity index (χ0n) is 13.7. The maximum atomic E-state index is 13.0. The van der Waals surface area contributed by atoms with Crippen LogP contribution in [0.4, 0.5) is 0 Å². The van der Waals surface area contributed by atoms with E-state index in [1.165, 1.54) is 10.8 Å². The molecule has 25 heavy (non-hydrogen) atoms. The fraction of sp³-hybridized carbons (Fsp3) is 0.158. The molecule has 1 N–H and O–H groups in total. The van der Waals surface area contributed by atoms with Crippen LogP contribution in [0.1, 0.15) is 29.0 Å². The molecule has 0 aliphatic carbocycles. The van der Waals surface area contributed by atoms with Gasteiger partial charge in [0.25, 0.3) is 5.91 Å². The topological polar surface area (TPSA) is 68.5 Å². The monoisotopic (exact) mass is 401 g/mol. The molecule has 0 amide bonds. The van der Waals surface area contributed by atoms with Crippen molar-refractivity contribution in [1.82, 2.24) is 4.57 Å². The van der Waals surface area contributed by atoms with Gasteiger partial charge >= 0.3 is 5.97 Å². The van der Waals surface area contributed by atoms with E-state index in [9.17, 15) is 14.7 Å². The molecule has 0 saturated heterocycles. The van der Waals surface area contributed by atoms with Crippen molar-refractivity contribution >= 4 is 38.7 Å². The van der Waals surface area contributed by atoms with Crippen LogP contribution in [0.15, 0.2) is 59.2 Å². The Morgan fingerprint density at radius 3 is 2.36 bits per heavy atom. The van der Waals surface area contributed by atoms with Crippen LogP contribution in [0.3, 0.4) is 0 Å². The zero-order valence-corrected chi connectivity index (χ0v) is 15.3. The highest BCUT2D eigenvalue weighted by Crippen LogP contribution is 2.26. The Kier molecular flexibility index (Phi) is 4.39. The number of hydrogen-bond acceptors (Lipinski definition) is 3. The molecule has 0 fully saturated rings. The summed E-state index contributed by atoms with van der Waals surface area (Å²) in [6.45, 7) is 3.32. The predicted molar refractivity (Wildman–Crippen MR) is 98.4 cm³/mol. The number of para-hydroxylation sites is 1. The van der Waals surface area contributed by atoms with Crippen LogP contribution in [0.25, 0.3) is 10.9 Å². The quantitative estimate of drug-likeness (QED) is 0.693. The molecule has 2 aromatic carbocycles. The van der Waals surface area contributed by atoms with Crippen LogP contribution in [0, 0.1) is 0 Å². The summed E-state index contributed by atoms with van der Waals surface area (Å²) >= 11 is 3.35. The Morgan fingerprint density at radius 1 is 1.08 bits per heavy atom. The maximum Gasteiger partial charge on any atom is 0.337 e. The number of fused-ring (bicyclic) bond motifs is 1. The lowest BCUT2D eigenvalue weighted by molar-refractivity contribution is 0.0493. The van der Waals surface area contributed by atoms with Gasteiger partial charge in [-0.05, 0) is 44.2 Å².